The Morgan fingerprint density at radius 1 is 0.963 bits per heavy atom. The van der Waals surface area contributed by atoms with Gasteiger partial charge in [-0.05, 0) is 30.3 Å². The summed E-state index contributed by atoms with van der Waals surface area (Å²) in [6.45, 7) is 0. The number of aromatic nitrogens is 5. The molecule has 0 saturated heterocycles. The van der Waals surface area contributed by atoms with Gasteiger partial charge in [-0.25, -0.2) is 9.50 Å². The topological polar surface area (TPSA) is 60.0 Å². The van der Waals surface area contributed by atoms with E-state index >= 15 is 0 Å². The van der Waals surface area contributed by atoms with E-state index in [-0.39, 0.29) is 0 Å². The molecule has 0 unspecified atom stereocenters. The van der Waals surface area contributed by atoms with Crippen LogP contribution in [-0.4, -0.2) is 24.1 Å². The van der Waals surface area contributed by atoms with Crippen LogP contribution in [0.4, 0.5) is 11.6 Å². The van der Waals surface area contributed by atoms with Gasteiger partial charge < -0.3 is 9.88 Å². The fourth-order valence-corrected chi connectivity index (χ4v) is 3.69. The Balaban J connectivity index is 1.54. The molecule has 0 atom stereocenters. The summed E-state index contributed by atoms with van der Waals surface area (Å²) in [4.78, 5) is 9.03. The van der Waals surface area contributed by atoms with Crippen molar-refractivity contribution < 1.29 is 0 Å². The lowest BCUT2D eigenvalue weighted by molar-refractivity contribution is 0.947. The SMILES string of the molecule is ICn1cnc2ccc(Nc3nc4cccc(-c5ccccc5)n4n3)cc21. The number of pyridine rings is 1. The number of benzene rings is 2. The van der Waals surface area contributed by atoms with Crippen LogP contribution in [0.15, 0.2) is 73.1 Å². The molecule has 0 spiro atoms. The highest BCUT2D eigenvalue weighted by Crippen LogP contribution is 2.24. The van der Waals surface area contributed by atoms with E-state index in [1.807, 2.05) is 59.4 Å². The molecule has 5 aromatic rings. The van der Waals surface area contributed by atoms with Gasteiger partial charge in [-0.2, -0.15) is 4.98 Å². The maximum atomic E-state index is 4.67. The normalized spacial score (nSPS) is 11.3. The predicted octanol–water partition coefficient (Wildman–Crippen LogP) is 4.88. The standard InChI is InChI=1S/C20H15IN6/c21-12-26-13-22-16-10-9-15(11-18(16)26)23-20-24-19-8-4-7-17(27(19)25-20)14-5-2-1-3-6-14/h1-11,13H,12H2,(H,23,25). The van der Waals surface area contributed by atoms with Crippen LogP contribution in [0.5, 0.6) is 0 Å². The van der Waals surface area contributed by atoms with Crippen molar-refractivity contribution in [2.24, 2.45) is 0 Å². The van der Waals surface area contributed by atoms with Gasteiger partial charge in [0.15, 0.2) is 5.65 Å². The smallest absolute Gasteiger partial charge is 0.247 e. The van der Waals surface area contributed by atoms with Gasteiger partial charge >= 0.3 is 0 Å². The Morgan fingerprint density at radius 3 is 2.70 bits per heavy atom. The minimum atomic E-state index is 0.568. The van der Waals surface area contributed by atoms with E-state index < -0.39 is 0 Å². The largest absolute Gasteiger partial charge is 0.323 e. The second-order valence-electron chi connectivity index (χ2n) is 6.14. The van der Waals surface area contributed by atoms with Gasteiger partial charge in [0.25, 0.3) is 0 Å². The van der Waals surface area contributed by atoms with Crippen molar-refractivity contribution in [2.45, 2.75) is 4.55 Å². The molecule has 0 bridgehead atoms. The molecule has 0 aliphatic rings. The van der Waals surface area contributed by atoms with Gasteiger partial charge in [0, 0.05) is 11.3 Å². The monoisotopic (exact) mass is 466 g/mol. The first-order valence-corrected chi connectivity index (χ1v) is 10.0. The Hall–Kier alpha value is -2.94. The molecular weight excluding hydrogens is 451 g/mol. The molecule has 0 aliphatic heterocycles. The quantitative estimate of drug-likeness (QED) is 0.303. The lowest BCUT2D eigenvalue weighted by Crippen LogP contribution is -1.96. The Bertz CT molecular complexity index is 1240. The lowest BCUT2D eigenvalue weighted by Gasteiger charge is -2.04. The van der Waals surface area contributed by atoms with Gasteiger partial charge in [0.05, 0.1) is 27.6 Å². The number of alkyl halides is 1. The van der Waals surface area contributed by atoms with Crippen LogP contribution < -0.4 is 5.32 Å². The minimum Gasteiger partial charge on any atom is -0.323 e. The molecule has 0 fully saturated rings. The van der Waals surface area contributed by atoms with E-state index in [9.17, 15) is 0 Å². The fourth-order valence-electron chi connectivity index (χ4n) is 3.14. The van der Waals surface area contributed by atoms with Crippen LogP contribution in [0.3, 0.4) is 0 Å². The maximum absolute atomic E-state index is 4.67. The molecule has 0 saturated carbocycles. The molecule has 7 heteroatoms. The van der Waals surface area contributed by atoms with Crippen molar-refractivity contribution in [1.82, 2.24) is 24.1 Å². The van der Waals surface area contributed by atoms with E-state index in [1.165, 1.54) is 0 Å². The van der Waals surface area contributed by atoms with E-state index in [0.717, 1.165) is 38.2 Å². The number of anilines is 2. The lowest BCUT2D eigenvalue weighted by atomic mass is 10.1. The van der Waals surface area contributed by atoms with Crippen LogP contribution in [0.2, 0.25) is 0 Å². The third kappa shape index (κ3) is 2.93. The van der Waals surface area contributed by atoms with Gasteiger partial charge in [-0.15, -0.1) is 5.10 Å². The third-order valence-electron chi connectivity index (χ3n) is 4.44. The fraction of sp³-hybridized carbons (Fsp3) is 0.0500. The molecule has 0 radical (unpaired) electrons. The first kappa shape index (κ1) is 16.2. The number of rotatable bonds is 4. The predicted molar refractivity (Wildman–Crippen MR) is 115 cm³/mol. The van der Waals surface area contributed by atoms with Crippen molar-refractivity contribution in [3.05, 3.63) is 73.1 Å². The summed E-state index contributed by atoms with van der Waals surface area (Å²) in [6.07, 6.45) is 1.86. The average Bonchev–Trinajstić information content (AvgIpc) is 3.31. The molecule has 2 aromatic carbocycles. The summed E-state index contributed by atoms with van der Waals surface area (Å²) in [7, 11) is 0. The van der Waals surface area contributed by atoms with Crippen LogP contribution in [0.1, 0.15) is 0 Å². The molecule has 0 aliphatic carbocycles. The van der Waals surface area contributed by atoms with Gasteiger partial charge in [-0.1, -0.05) is 59.0 Å². The van der Waals surface area contributed by atoms with Crippen LogP contribution in [0.25, 0.3) is 27.9 Å². The number of hydrogen-bond acceptors (Lipinski definition) is 4. The molecule has 5 rings (SSSR count). The van der Waals surface area contributed by atoms with Gasteiger partial charge in [0.1, 0.15) is 0 Å². The summed E-state index contributed by atoms with van der Waals surface area (Å²) in [5.74, 6) is 0.568. The minimum absolute atomic E-state index is 0.568. The molecule has 3 heterocycles. The van der Waals surface area contributed by atoms with E-state index in [2.05, 4.69) is 65.7 Å². The van der Waals surface area contributed by atoms with Crippen molar-refractivity contribution in [1.29, 1.82) is 0 Å². The second kappa shape index (κ2) is 6.66. The molecule has 3 aromatic heterocycles. The zero-order valence-corrected chi connectivity index (χ0v) is 16.4. The second-order valence-corrected chi connectivity index (χ2v) is 6.83. The zero-order valence-electron chi connectivity index (χ0n) is 14.2. The molecular formula is C20H15IN6. The van der Waals surface area contributed by atoms with Crippen LogP contribution >= 0.6 is 22.6 Å². The van der Waals surface area contributed by atoms with Crippen molar-refractivity contribution >= 4 is 50.9 Å². The summed E-state index contributed by atoms with van der Waals surface area (Å²) < 4.78 is 4.82. The average molecular weight is 466 g/mol. The summed E-state index contributed by atoms with van der Waals surface area (Å²) in [5.41, 5.74) is 5.91. The highest BCUT2D eigenvalue weighted by Gasteiger charge is 2.10. The summed E-state index contributed by atoms with van der Waals surface area (Å²) >= 11 is 2.33. The van der Waals surface area contributed by atoms with Crippen LogP contribution in [0, 0.1) is 0 Å². The number of fused-ring (bicyclic) bond motifs is 2. The summed E-state index contributed by atoms with van der Waals surface area (Å²) in [6, 6.07) is 22.3. The third-order valence-corrected chi connectivity index (χ3v) is 5.17. The first-order chi connectivity index (χ1) is 13.3. The van der Waals surface area contributed by atoms with Crippen LogP contribution in [-0.2, 0) is 4.55 Å². The maximum Gasteiger partial charge on any atom is 0.247 e. The van der Waals surface area contributed by atoms with Crippen molar-refractivity contribution in [3.63, 3.8) is 0 Å². The highest BCUT2D eigenvalue weighted by molar-refractivity contribution is 14.1. The van der Waals surface area contributed by atoms with Gasteiger partial charge in [-0.3, -0.25) is 0 Å². The van der Waals surface area contributed by atoms with E-state index in [1.54, 1.807) is 0 Å². The number of hydrogen-bond donors (Lipinski definition) is 1. The first-order valence-electron chi connectivity index (χ1n) is 8.51. The van der Waals surface area contributed by atoms with E-state index in [4.69, 9.17) is 0 Å². The summed E-state index contributed by atoms with van der Waals surface area (Å²) in [5, 5.41) is 7.98. The number of nitrogens with zero attached hydrogens (tertiary/aromatic N) is 5. The van der Waals surface area contributed by atoms with Crippen molar-refractivity contribution in [2.75, 3.05) is 5.32 Å². The van der Waals surface area contributed by atoms with Crippen molar-refractivity contribution in [3.8, 4) is 11.3 Å². The zero-order chi connectivity index (χ0) is 18.2. The number of halogens is 1. The molecule has 6 nitrogen and oxygen atoms in total. The number of imidazole rings is 1. The Labute approximate surface area is 169 Å². The van der Waals surface area contributed by atoms with E-state index in [0.29, 0.717) is 5.95 Å². The highest BCUT2D eigenvalue weighted by atomic mass is 127. The molecule has 27 heavy (non-hydrogen) atoms. The Kier molecular flexibility index (Phi) is 4.01. The Morgan fingerprint density at radius 2 is 1.85 bits per heavy atom. The molecule has 0 amide bonds. The number of nitrogens with one attached hydrogen (secondary N) is 1. The molecule has 1 N–H and O–H groups in total. The van der Waals surface area contributed by atoms with Gasteiger partial charge in [0.2, 0.25) is 5.95 Å². The molecule has 132 valence electrons.